The molecule has 0 aliphatic carbocycles. The maximum absolute atomic E-state index is 12.6. The minimum Gasteiger partial charge on any atom is -0.249 e. The van der Waals surface area contributed by atoms with E-state index in [1.807, 2.05) is 22.6 Å². The van der Waals surface area contributed by atoms with Crippen LogP contribution < -0.4 is 0 Å². The lowest BCUT2D eigenvalue weighted by Crippen LogP contribution is -1.99. The van der Waals surface area contributed by atoms with E-state index in [1.165, 1.54) is 6.20 Å². The molecule has 0 aliphatic heterocycles. The third-order valence-corrected chi connectivity index (χ3v) is 3.58. The predicted molar refractivity (Wildman–Crippen MR) is 62.2 cm³/mol. The monoisotopic (exact) mass is 425 g/mol. The van der Waals surface area contributed by atoms with Gasteiger partial charge in [0, 0.05) is 16.0 Å². The Hall–Kier alpha value is 0.700. The molecule has 0 saturated carbocycles. The number of hydrogen-bond acceptors (Lipinski definition) is 1. The van der Waals surface area contributed by atoms with Gasteiger partial charge >= 0.3 is 0 Å². The van der Waals surface area contributed by atoms with E-state index in [4.69, 9.17) is 0 Å². The molecule has 0 saturated heterocycles. The van der Waals surface area contributed by atoms with E-state index in [0.29, 0.717) is 19.1 Å². The van der Waals surface area contributed by atoms with Gasteiger partial charge in [0.05, 0.1) is 5.56 Å². The van der Waals surface area contributed by atoms with Crippen LogP contribution in [0.2, 0.25) is 0 Å². The molecule has 1 aromatic rings. The zero-order valence-electron chi connectivity index (χ0n) is 6.20. The molecule has 0 aromatic carbocycles. The van der Waals surface area contributed by atoms with Gasteiger partial charge in [0.25, 0.3) is 6.43 Å². The fraction of sp³-hybridized carbons (Fsp3) is 0.286. The van der Waals surface area contributed by atoms with Crippen LogP contribution in [0.5, 0.6) is 0 Å². The number of hydrogen-bond donors (Lipinski definition) is 0. The van der Waals surface area contributed by atoms with Crippen molar-refractivity contribution >= 4 is 54.5 Å². The minimum absolute atomic E-state index is 0.00634. The summed E-state index contributed by atoms with van der Waals surface area (Å²) in [5.74, 6) is 0. The van der Waals surface area contributed by atoms with E-state index in [1.54, 1.807) is 0 Å². The summed E-state index contributed by atoms with van der Waals surface area (Å²) in [4.78, 5) is 3.85. The molecule has 1 nitrogen and oxygen atoms in total. The van der Waals surface area contributed by atoms with Crippen molar-refractivity contribution < 1.29 is 8.78 Å². The minimum atomic E-state index is -2.48. The molecule has 0 amide bonds. The molecule has 0 bridgehead atoms. The zero-order valence-corrected chi connectivity index (χ0v) is 11.5. The van der Waals surface area contributed by atoms with Crippen LogP contribution in [-0.2, 0) is 5.33 Å². The van der Waals surface area contributed by atoms with Crippen LogP contribution in [0.25, 0.3) is 0 Å². The van der Waals surface area contributed by atoms with Gasteiger partial charge in [-0.15, -0.1) is 0 Å². The molecule has 13 heavy (non-hydrogen) atoms. The number of pyridine rings is 1. The predicted octanol–water partition coefficient (Wildman–Crippen LogP) is 4.28. The quantitative estimate of drug-likeness (QED) is 0.391. The largest absolute Gasteiger partial charge is 0.266 e. The van der Waals surface area contributed by atoms with E-state index in [2.05, 4.69) is 36.8 Å². The van der Waals surface area contributed by atoms with E-state index >= 15 is 0 Å². The molecule has 1 heterocycles. The summed E-state index contributed by atoms with van der Waals surface area (Å²) in [6.07, 6.45) is -0.950. The molecule has 0 aliphatic rings. The normalized spacial score (nSPS) is 10.9. The Balaban J connectivity index is 3.35. The highest BCUT2D eigenvalue weighted by Gasteiger charge is 2.19. The lowest BCUT2D eigenvalue weighted by Gasteiger charge is -2.09. The van der Waals surface area contributed by atoms with Gasteiger partial charge in [-0.3, -0.25) is 0 Å². The maximum atomic E-state index is 12.6. The summed E-state index contributed by atoms with van der Waals surface area (Å²) >= 11 is 8.16. The van der Waals surface area contributed by atoms with Gasteiger partial charge in [0.2, 0.25) is 0 Å². The summed E-state index contributed by atoms with van der Waals surface area (Å²) in [7, 11) is 0. The molecular formula is C7H4Br2F2IN. The highest BCUT2D eigenvalue weighted by Crippen LogP contribution is 2.32. The van der Waals surface area contributed by atoms with Gasteiger partial charge in [-0.05, 0) is 44.1 Å². The average Bonchev–Trinajstić information content (AvgIpc) is 2.07. The number of alkyl halides is 3. The molecule has 0 radical (unpaired) electrons. The Kier molecular flexibility index (Phi) is 4.50. The second-order valence-electron chi connectivity index (χ2n) is 2.22. The molecule has 6 heteroatoms. The lowest BCUT2D eigenvalue weighted by molar-refractivity contribution is 0.149. The van der Waals surface area contributed by atoms with Crippen molar-refractivity contribution in [3.8, 4) is 0 Å². The van der Waals surface area contributed by atoms with Crippen LogP contribution in [0.1, 0.15) is 17.6 Å². The molecule has 0 N–H and O–H groups in total. The Morgan fingerprint density at radius 2 is 2.15 bits per heavy atom. The SMILES string of the molecule is FC(F)c1c(I)ncc(Br)c1CBr. The average molecular weight is 427 g/mol. The Morgan fingerprint density at radius 1 is 1.54 bits per heavy atom. The summed E-state index contributed by atoms with van der Waals surface area (Å²) in [5.41, 5.74) is 0.571. The molecule has 0 unspecified atom stereocenters. The van der Waals surface area contributed by atoms with Crippen molar-refractivity contribution in [1.29, 1.82) is 0 Å². The van der Waals surface area contributed by atoms with E-state index in [9.17, 15) is 8.78 Å². The molecule has 0 spiro atoms. The third kappa shape index (κ3) is 2.59. The van der Waals surface area contributed by atoms with Crippen LogP contribution in [0.3, 0.4) is 0 Å². The first-order valence-electron chi connectivity index (χ1n) is 3.24. The first-order valence-corrected chi connectivity index (χ1v) is 6.24. The van der Waals surface area contributed by atoms with Crippen LogP contribution in [0, 0.1) is 3.70 Å². The summed E-state index contributed by atoms with van der Waals surface area (Å²) in [5, 5.41) is 0.395. The van der Waals surface area contributed by atoms with Crippen molar-refractivity contribution in [2.45, 2.75) is 11.8 Å². The van der Waals surface area contributed by atoms with E-state index in [-0.39, 0.29) is 5.56 Å². The third-order valence-electron chi connectivity index (χ3n) is 1.48. The number of aromatic nitrogens is 1. The summed E-state index contributed by atoms with van der Waals surface area (Å²) in [6, 6.07) is 0. The van der Waals surface area contributed by atoms with Crippen LogP contribution >= 0.6 is 54.5 Å². The molecule has 1 rings (SSSR count). The van der Waals surface area contributed by atoms with Gasteiger partial charge in [0.1, 0.15) is 3.70 Å². The highest BCUT2D eigenvalue weighted by molar-refractivity contribution is 14.1. The zero-order chi connectivity index (χ0) is 10.0. The van der Waals surface area contributed by atoms with Crippen molar-refractivity contribution in [1.82, 2.24) is 4.98 Å². The maximum Gasteiger partial charge on any atom is 0.266 e. The molecule has 72 valence electrons. The Labute approximate surface area is 105 Å². The van der Waals surface area contributed by atoms with Gasteiger partial charge in [-0.1, -0.05) is 15.9 Å². The van der Waals surface area contributed by atoms with Gasteiger partial charge in [-0.2, -0.15) is 0 Å². The van der Waals surface area contributed by atoms with Crippen LogP contribution in [0.4, 0.5) is 8.78 Å². The van der Waals surface area contributed by atoms with Gasteiger partial charge < -0.3 is 0 Å². The van der Waals surface area contributed by atoms with Gasteiger partial charge in [0.15, 0.2) is 0 Å². The molecule has 1 aromatic heterocycles. The number of rotatable bonds is 2. The smallest absolute Gasteiger partial charge is 0.249 e. The second-order valence-corrected chi connectivity index (χ2v) is 4.66. The fourth-order valence-corrected chi connectivity index (χ4v) is 3.01. The molecular weight excluding hydrogens is 423 g/mol. The topological polar surface area (TPSA) is 12.9 Å². The lowest BCUT2D eigenvalue weighted by atomic mass is 10.2. The molecule has 0 atom stereocenters. The Morgan fingerprint density at radius 3 is 2.54 bits per heavy atom. The van der Waals surface area contributed by atoms with Crippen LogP contribution in [-0.4, -0.2) is 4.98 Å². The summed E-state index contributed by atoms with van der Waals surface area (Å²) in [6.45, 7) is 0. The van der Waals surface area contributed by atoms with E-state index in [0.717, 1.165) is 0 Å². The second kappa shape index (κ2) is 4.97. The Bertz CT molecular complexity index is 320. The van der Waals surface area contributed by atoms with Crippen molar-refractivity contribution in [2.75, 3.05) is 0 Å². The number of halogens is 5. The first kappa shape index (κ1) is 11.8. The standard InChI is InChI=1S/C7H4Br2F2IN/c8-1-3-4(9)2-13-7(12)5(3)6(10)11/h2,6H,1H2. The van der Waals surface area contributed by atoms with Crippen molar-refractivity contribution in [3.63, 3.8) is 0 Å². The fourth-order valence-electron chi connectivity index (χ4n) is 0.872. The molecule has 0 fully saturated rings. The van der Waals surface area contributed by atoms with Crippen molar-refractivity contribution in [2.24, 2.45) is 0 Å². The van der Waals surface area contributed by atoms with Gasteiger partial charge in [-0.25, -0.2) is 13.8 Å². The van der Waals surface area contributed by atoms with Crippen molar-refractivity contribution in [3.05, 3.63) is 25.5 Å². The van der Waals surface area contributed by atoms with E-state index < -0.39 is 6.43 Å². The van der Waals surface area contributed by atoms with Crippen LogP contribution in [0.15, 0.2) is 10.7 Å². The first-order chi connectivity index (χ1) is 6.07. The summed E-state index contributed by atoms with van der Waals surface area (Å²) < 4.78 is 26.1. The highest BCUT2D eigenvalue weighted by atomic mass is 127. The number of nitrogens with zero attached hydrogens (tertiary/aromatic N) is 1.